The van der Waals surface area contributed by atoms with E-state index < -0.39 is 11.7 Å². The summed E-state index contributed by atoms with van der Waals surface area (Å²) >= 11 is 0. The quantitative estimate of drug-likeness (QED) is 0.311. The molecule has 0 fully saturated rings. The highest BCUT2D eigenvalue weighted by Gasteiger charge is 2.29. The molecule has 0 aliphatic rings. The van der Waals surface area contributed by atoms with Gasteiger partial charge >= 0.3 is 6.18 Å². The molecule has 5 heteroatoms. The number of nitrogens with zero attached hydrogens (tertiary/aromatic N) is 1. The fraction of sp³-hybridized carbons (Fsp3) is 0.364. The highest BCUT2D eigenvalue weighted by atomic mass is 19.4. The molecule has 16 heavy (non-hydrogen) atoms. The van der Waals surface area contributed by atoms with Crippen molar-refractivity contribution in [2.75, 3.05) is 0 Å². The fourth-order valence-electron chi connectivity index (χ4n) is 0.653. The van der Waals surface area contributed by atoms with E-state index in [-0.39, 0.29) is 0 Å². The lowest BCUT2D eigenvalue weighted by Crippen LogP contribution is -2.08. The number of halogens is 3. The largest absolute Gasteiger partial charge is 0.412 e. The predicted molar refractivity (Wildman–Crippen MR) is 58.0 cm³/mol. The van der Waals surface area contributed by atoms with Crippen LogP contribution in [0.25, 0.3) is 0 Å². The second-order valence-electron chi connectivity index (χ2n) is 3.15. The number of allylic oxidation sites excluding steroid dienone is 4. The topological polar surface area (TPSA) is 21.6 Å². The van der Waals surface area contributed by atoms with E-state index in [4.69, 9.17) is 0 Å². The fourth-order valence-corrected chi connectivity index (χ4v) is 0.653. The highest BCUT2D eigenvalue weighted by molar-refractivity contribution is 5.97. The van der Waals surface area contributed by atoms with Gasteiger partial charge in [0.05, 0.1) is 5.71 Å². The Morgan fingerprint density at radius 1 is 1.19 bits per heavy atom. The number of oxime groups is 1. The van der Waals surface area contributed by atoms with Crippen molar-refractivity contribution in [3.63, 3.8) is 0 Å². The van der Waals surface area contributed by atoms with Crippen LogP contribution in [0, 0.1) is 0 Å². The van der Waals surface area contributed by atoms with E-state index in [0.29, 0.717) is 11.3 Å². The van der Waals surface area contributed by atoms with Crippen LogP contribution in [0.3, 0.4) is 0 Å². The van der Waals surface area contributed by atoms with Crippen molar-refractivity contribution in [3.8, 4) is 0 Å². The molecule has 0 aromatic heterocycles. The summed E-state index contributed by atoms with van der Waals surface area (Å²) in [5.74, 6) is 0. The van der Waals surface area contributed by atoms with Crippen LogP contribution in [0.4, 0.5) is 13.2 Å². The van der Waals surface area contributed by atoms with Gasteiger partial charge in [-0.15, -0.1) is 0 Å². The molecule has 0 rings (SSSR count). The van der Waals surface area contributed by atoms with Crippen LogP contribution in [-0.2, 0) is 4.84 Å². The van der Waals surface area contributed by atoms with Crippen molar-refractivity contribution >= 4 is 5.71 Å². The Balaban J connectivity index is 4.74. The average Bonchev–Trinajstić information content (AvgIpc) is 2.20. The van der Waals surface area contributed by atoms with Gasteiger partial charge in [0.15, 0.2) is 0 Å². The van der Waals surface area contributed by atoms with Gasteiger partial charge in [0.25, 0.3) is 0 Å². The van der Waals surface area contributed by atoms with E-state index in [1.165, 1.54) is 6.08 Å². The van der Waals surface area contributed by atoms with E-state index >= 15 is 0 Å². The van der Waals surface area contributed by atoms with Gasteiger partial charge < -0.3 is 4.84 Å². The van der Waals surface area contributed by atoms with Crippen molar-refractivity contribution in [3.05, 3.63) is 36.1 Å². The zero-order valence-corrected chi connectivity index (χ0v) is 9.43. The average molecular weight is 233 g/mol. The van der Waals surface area contributed by atoms with Crippen LogP contribution in [-0.4, -0.2) is 11.9 Å². The number of hydrogen-bond donors (Lipinski definition) is 0. The Kier molecular flexibility index (Phi) is 5.56. The van der Waals surface area contributed by atoms with Crippen LogP contribution in [0.1, 0.15) is 20.8 Å². The molecule has 0 N–H and O–H groups in total. The third kappa shape index (κ3) is 5.38. The normalized spacial score (nSPS) is 15.0. The molecule has 90 valence electrons. The first-order chi connectivity index (χ1) is 7.29. The molecule has 0 aliphatic carbocycles. The van der Waals surface area contributed by atoms with E-state index in [2.05, 4.69) is 16.6 Å². The zero-order valence-electron chi connectivity index (χ0n) is 9.43. The van der Waals surface area contributed by atoms with E-state index in [9.17, 15) is 13.2 Å². The molecule has 2 nitrogen and oxygen atoms in total. The standard InChI is InChI=1S/C11H14F3NO/c1-5-16-15-10(4)8(2)6-7-9(3)11(12,13)14/h5-7H,1H2,2-4H3/b8-6+,9-7+,15-10+. The zero-order chi connectivity index (χ0) is 12.8. The minimum atomic E-state index is -4.29. The van der Waals surface area contributed by atoms with Crippen molar-refractivity contribution in [2.24, 2.45) is 5.16 Å². The third-order valence-corrected chi connectivity index (χ3v) is 1.87. The molecular formula is C11H14F3NO. The molecular weight excluding hydrogens is 219 g/mol. The maximum Gasteiger partial charge on any atom is 0.412 e. The van der Waals surface area contributed by atoms with E-state index in [1.807, 2.05) is 0 Å². The molecule has 0 spiro atoms. The van der Waals surface area contributed by atoms with Crippen molar-refractivity contribution < 1.29 is 18.0 Å². The van der Waals surface area contributed by atoms with Gasteiger partial charge in [-0.1, -0.05) is 23.9 Å². The van der Waals surface area contributed by atoms with Gasteiger partial charge in [-0.2, -0.15) is 13.2 Å². The minimum Gasteiger partial charge on any atom is -0.365 e. The summed E-state index contributed by atoms with van der Waals surface area (Å²) in [4.78, 5) is 4.56. The van der Waals surface area contributed by atoms with Gasteiger partial charge in [-0.25, -0.2) is 0 Å². The molecule has 0 aromatic rings. The lowest BCUT2D eigenvalue weighted by Gasteiger charge is -2.05. The molecule has 0 saturated heterocycles. The summed E-state index contributed by atoms with van der Waals surface area (Å²) in [7, 11) is 0. The predicted octanol–water partition coefficient (Wildman–Crippen LogP) is 3.98. The van der Waals surface area contributed by atoms with Gasteiger partial charge in [0, 0.05) is 5.57 Å². The van der Waals surface area contributed by atoms with E-state index in [1.54, 1.807) is 13.8 Å². The van der Waals surface area contributed by atoms with Crippen molar-refractivity contribution in [1.82, 2.24) is 0 Å². The Bertz CT molecular complexity index is 338. The summed E-state index contributed by atoms with van der Waals surface area (Å²) in [5, 5.41) is 3.60. The third-order valence-electron chi connectivity index (χ3n) is 1.87. The van der Waals surface area contributed by atoms with Crippen LogP contribution < -0.4 is 0 Å². The smallest absolute Gasteiger partial charge is 0.365 e. The Morgan fingerprint density at radius 2 is 1.75 bits per heavy atom. The lowest BCUT2D eigenvalue weighted by atomic mass is 10.1. The monoisotopic (exact) mass is 233 g/mol. The molecule has 0 aromatic carbocycles. The Labute approximate surface area is 92.8 Å². The van der Waals surface area contributed by atoms with Gasteiger partial charge in [0.2, 0.25) is 0 Å². The molecule has 0 atom stereocenters. The number of alkyl halides is 3. The molecule has 0 radical (unpaired) electrons. The lowest BCUT2D eigenvalue weighted by molar-refractivity contribution is -0.0912. The Morgan fingerprint density at radius 3 is 2.19 bits per heavy atom. The highest BCUT2D eigenvalue weighted by Crippen LogP contribution is 2.24. The molecule has 0 unspecified atom stereocenters. The first kappa shape index (κ1) is 14.5. The maximum absolute atomic E-state index is 12.1. The van der Waals surface area contributed by atoms with Crippen molar-refractivity contribution in [2.45, 2.75) is 26.9 Å². The van der Waals surface area contributed by atoms with Crippen LogP contribution in [0.2, 0.25) is 0 Å². The molecule has 0 aliphatic heterocycles. The second-order valence-corrected chi connectivity index (χ2v) is 3.15. The van der Waals surface area contributed by atoms with Gasteiger partial charge in [0.1, 0.15) is 6.26 Å². The number of hydrogen-bond acceptors (Lipinski definition) is 2. The number of rotatable bonds is 4. The van der Waals surface area contributed by atoms with Gasteiger partial charge in [-0.05, 0) is 26.3 Å². The summed E-state index contributed by atoms with van der Waals surface area (Å²) in [6, 6.07) is 0. The first-order valence-corrected chi connectivity index (χ1v) is 4.53. The van der Waals surface area contributed by atoms with Crippen LogP contribution in [0.15, 0.2) is 41.3 Å². The van der Waals surface area contributed by atoms with Crippen LogP contribution in [0.5, 0.6) is 0 Å². The first-order valence-electron chi connectivity index (χ1n) is 4.53. The second kappa shape index (κ2) is 6.15. The maximum atomic E-state index is 12.1. The van der Waals surface area contributed by atoms with Crippen LogP contribution >= 0.6 is 0 Å². The minimum absolute atomic E-state index is 0.492. The SMILES string of the molecule is C=CO/N=C(C)/C(C)=C/C=C(\C)C(F)(F)F. The summed E-state index contributed by atoms with van der Waals surface area (Å²) in [6.07, 6.45) is -0.816. The van der Waals surface area contributed by atoms with E-state index in [0.717, 1.165) is 19.3 Å². The molecule has 0 saturated carbocycles. The summed E-state index contributed by atoms with van der Waals surface area (Å²) in [6.45, 7) is 7.57. The Hall–Kier alpha value is -1.52. The molecule has 0 amide bonds. The molecule has 0 bridgehead atoms. The molecule has 0 heterocycles. The van der Waals surface area contributed by atoms with Crippen molar-refractivity contribution in [1.29, 1.82) is 0 Å². The summed E-state index contributed by atoms with van der Waals surface area (Å²) < 4.78 is 36.4. The summed E-state index contributed by atoms with van der Waals surface area (Å²) in [5.41, 5.74) is 0.417. The van der Waals surface area contributed by atoms with Gasteiger partial charge in [-0.3, -0.25) is 0 Å².